The predicted molar refractivity (Wildman–Crippen MR) is 59.7 cm³/mol. The number of aliphatic hydroxyl groups is 1. The second-order valence-electron chi connectivity index (χ2n) is 4.37. The van der Waals surface area contributed by atoms with Crippen molar-refractivity contribution in [3.63, 3.8) is 0 Å². The average Bonchev–Trinajstić information content (AvgIpc) is 2.73. The number of rotatable bonds is 4. The van der Waals surface area contributed by atoms with Gasteiger partial charge in [-0.1, -0.05) is 0 Å². The fourth-order valence-corrected chi connectivity index (χ4v) is 2.08. The maximum absolute atomic E-state index is 12.3. The van der Waals surface area contributed by atoms with Gasteiger partial charge in [0, 0.05) is 24.3 Å². The molecule has 1 aliphatic carbocycles. The summed E-state index contributed by atoms with van der Waals surface area (Å²) in [6, 6.07) is 3.09. The Hall–Kier alpha value is -1.07. The molecule has 2 atom stereocenters. The van der Waals surface area contributed by atoms with Gasteiger partial charge in [-0.25, -0.2) is 8.78 Å². The maximum atomic E-state index is 12.3. The van der Waals surface area contributed by atoms with Crippen LogP contribution in [0.15, 0.2) is 18.3 Å². The van der Waals surface area contributed by atoms with Gasteiger partial charge in [-0.05, 0) is 31.4 Å². The molecule has 2 N–H and O–H groups in total. The van der Waals surface area contributed by atoms with Crippen LogP contribution in [0.4, 0.5) is 8.78 Å². The third-order valence-electron chi connectivity index (χ3n) is 3.12. The lowest BCUT2D eigenvalue weighted by Gasteiger charge is -2.15. The minimum atomic E-state index is -2.47. The van der Waals surface area contributed by atoms with Gasteiger partial charge in [0.25, 0.3) is 6.43 Å². The van der Waals surface area contributed by atoms with E-state index < -0.39 is 6.43 Å². The monoisotopic (exact) mass is 242 g/mol. The fourth-order valence-electron chi connectivity index (χ4n) is 2.08. The Morgan fingerprint density at radius 2 is 2.24 bits per heavy atom. The maximum Gasteiger partial charge on any atom is 0.265 e. The van der Waals surface area contributed by atoms with E-state index >= 15 is 0 Å². The van der Waals surface area contributed by atoms with E-state index in [4.69, 9.17) is 0 Å². The van der Waals surface area contributed by atoms with Gasteiger partial charge in [-0.15, -0.1) is 0 Å². The highest BCUT2D eigenvalue weighted by Gasteiger charge is 2.24. The van der Waals surface area contributed by atoms with Crippen LogP contribution in [-0.2, 0) is 6.54 Å². The van der Waals surface area contributed by atoms with Crippen LogP contribution in [0.5, 0.6) is 0 Å². The summed E-state index contributed by atoms with van der Waals surface area (Å²) in [6.45, 7) is 0.505. The summed E-state index contributed by atoms with van der Waals surface area (Å²) < 4.78 is 24.6. The molecule has 0 radical (unpaired) electrons. The Balaban J connectivity index is 1.86. The van der Waals surface area contributed by atoms with E-state index in [9.17, 15) is 13.9 Å². The third kappa shape index (κ3) is 3.20. The van der Waals surface area contributed by atoms with E-state index in [1.165, 1.54) is 12.3 Å². The summed E-state index contributed by atoms with van der Waals surface area (Å²) in [7, 11) is 0. The van der Waals surface area contributed by atoms with E-state index in [1.807, 2.05) is 0 Å². The summed E-state index contributed by atoms with van der Waals surface area (Å²) in [5.41, 5.74) is 0.656. The molecule has 3 nitrogen and oxygen atoms in total. The first-order chi connectivity index (χ1) is 8.16. The van der Waals surface area contributed by atoms with Crippen LogP contribution in [0.3, 0.4) is 0 Å². The van der Waals surface area contributed by atoms with Crippen LogP contribution >= 0.6 is 0 Å². The molecular weight excluding hydrogens is 226 g/mol. The van der Waals surface area contributed by atoms with Crippen LogP contribution in [-0.4, -0.2) is 22.2 Å². The molecule has 0 unspecified atom stereocenters. The summed E-state index contributed by atoms with van der Waals surface area (Å²) in [4.78, 5) is 3.96. The van der Waals surface area contributed by atoms with Gasteiger partial charge in [0.1, 0.15) is 0 Å². The third-order valence-corrected chi connectivity index (χ3v) is 3.12. The molecule has 1 heterocycles. The van der Waals surface area contributed by atoms with E-state index in [-0.39, 0.29) is 17.7 Å². The minimum absolute atomic E-state index is 0.0605. The van der Waals surface area contributed by atoms with Crippen molar-refractivity contribution in [1.82, 2.24) is 10.3 Å². The van der Waals surface area contributed by atoms with Crippen molar-refractivity contribution in [2.24, 2.45) is 0 Å². The van der Waals surface area contributed by atoms with Crippen molar-refractivity contribution in [2.75, 3.05) is 0 Å². The van der Waals surface area contributed by atoms with E-state index in [0.29, 0.717) is 12.2 Å². The van der Waals surface area contributed by atoms with Crippen LogP contribution in [0.1, 0.15) is 36.9 Å². The van der Waals surface area contributed by atoms with E-state index in [0.717, 1.165) is 19.3 Å². The Morgan fingerprint density at radius 1 is 1.41 bits per heavy atom. The first kappa shape index (κ1) is 12.4. The number of hydrogen-bond donors (Lipinski definition) is 2. The molecule has 94 valence electrons. The largest absolute Gasteiger partial charge is 0.392 e. The van der Waals surface area contributed by atoms with Crippen molar-refractivity contribution in [2.45, 2.75) is 44.4 Å². The molecule has 0 aliphatic heterocycles. The molecular formula is C12H16F2N2O. The summed E-state index contributed by atoms with van der Waals surface area (Å²) in [5.74, 6) is 0. The Bertz CT molecular complexity index is 356. The number of pyridine rings is 1. The first-order valence-corrected chi connectivity index (χ1v) is 5.81. The predicted octanol–water partition coefficient (Wildman–Crippen LogP) is 2.02. The standard InChI is InChI=1S/C12H16F2N2O/c13-12(14)8-4-5-9(15-6-8)7-16-10-2-1-3-11(10)17/h4-6,10-12,16-17H,1-3,7H2/t10-,11-/m1/s1. The van der Waals surface area contributed by atoms with Gasteiger partial charge in [-0.2, -0.15) is 0 Å². The Kier molecular flexibility index (Phi) is 4.02. The van der Waals surface area contributed by atoms with Crippen molar-refractivity contribution in [3.05, 3.63) is 29.6 Å². The number of halogens is 2. The molecule has 0 spiro atoms. The molecule has 0 aromatic carbocycles. The second-order valence-corrected chi connectivity index (χ2v) is 4.37. The molecule has 0 amide bonds. The Labute approximate surface area is 98.9 Å². The number of aromatic nitrogens is 1. The molecule has 5 heteroatoms. The molecule has 1 aromatic rings. The summed E-state index contributed by atoms with van der Waals surface area (Å²) >= 11 is 0. The zero-order valence-corrected chi connectivity index (χ0v) is 9.44. The van der Waals surface area contributed by atoms with E-state index in [2.05, 4.69) is 10.3 Å². The zero-order chi connectivity index (χ0) is 12.3. The van der Waals surface area contributed by atoms with Gasteiger partial charge in [0.15, 0.2) is 0 Å². The molecule has 1 aromatic heterocycles. The quantitative estimate of drug-likeness (QED) is 0.849. The molecule has 2 rings (SSSR count). The van der Waals surface area contributed by atoms with Gasteiger partial charge in [0.05, 0.1) is 11.8 Å². The number of aliphatic hydroxyl groups excluding tert-OH is 1. The second kappa shape index (κ2) is 5.51. The summed E-state index contributed by atoms with van der Waals surface area (Å²) in [6.07, 6.45) is 1.24. The molecule has 1 aliphatic rings. The van der Waals surface area contributed by atoms with Crippen molar-refractivity contribution < 1.29 is 13.9 Å². The van der Waals surface area contributed by atoms with Crippen LogP contribution in [0, 0.1) is 0 Å². The summed E-state index contributed by atoms with van der Waals surface area (Å²) in [5, 5.41) is 12.8. The zero-order valence-electron chi connectivity index (χ0n) is 9.44. The number of nitrogens with one attached hydrogen (secondary N) is 1. The smallest absolute Gasteiger partial charge is 0.265 e. The van der Waals surface area contributed by atoms with Crippen LogP contribution in [0.25, 0.3) is 0 Å². The number of alkyl halides is 2. The van der Waals surface area contributed by atoms with Gasteiger partial charge in [0.2, 0.25) is 0 Å². The number of hydrogen-bond acceptors (Lipinski definition) is 3. The molecule has 1 saturated carbocycles. The lowest BCUT2D eigenvalue weighted by atomic mass is 10.2. The average molecular weight is 242 g/mol. The van der Waals surface area contributed by atoms with Crippen molar-refractivity contribution in [3.8, 4) is 0 Å². The molecule has 1 fully saturated rings. The first-order valence-electron chi connectivity index (χ1n) is 5.81. The van der Waals surface area contributed by atoms with E-state index in [1.54, 1.807) is 6.07 Å². The van der Waals surface area contributed by atoms with Crippen LogP contribution in [0.2, 0.25) is 0 Å². The highest BCUT2D eigenvalue weighted by Crippen LogP contribution is 2.20. The normalized spacial score (nSPS) is 24.5. The van der Waals surface area contributed by atoms with Crippen molar-refractivity contribution in [1.29, 1.82) is 0 Å². The van der Waals surface area contributed by atoms with Gasteiger partial charge >= 0.3 is 0 Å². The van der Waals surface area contributed by atoms with Gasteiger partial charge < -0.3 is 10.4 Å². The topological polar surface area (TPSA) is 45.1 Å². The molecule has 0 saturated heterocycles. The fraction of sp³-hybridized carbons (Fsp3) is 0.583. The highest BCUT2D eigenvalue weighted by molar-refractivity contribution is 5.15. The highest BCUT2D eigenvalue weighted by atomic mass is 19.3. The minimum Gasteiger partial charge on any atom is -0.392 e. The Morgan fingerprint density at radius 3 is 2.76 bits per heavy atom. The lowest BCUT2D eigenvalue weighted by Crippen LogP contribution is -2.35. The van der Waals surface area contributed by atoms with Gasteiger partial charge in [-0.3, -0.25) is 4.98 Å². The molecule has 0 bridgehead atoms. The van der Waals surface area contributed by atoms with Crippen LogP contribution < -0.4 is 5.32 Å². The van der Waals surface area contributed by atoms with Crippen molar-refractivity contribution >= 4 is 0 Å². The lowest BCUT2D eigenvalue weighted by molar-refractivity contribution is 0.148. The molecule has 17 heavy (non-hydrogen) atoms. The number of nitrogens with zero attached hydrogens (tertiary/aromatic N) is 1. The SMILES string of the molecule is O[C@@H]1CCC[C@H]1NCc1ccc(C(F)F)cn1.